The molecule has 2 heterocycles. The van der Waals surface area contributed by atoms with Gasteiger partial charge in [0.1, 0.15) is 0 Å². The van der Waals surface area contributed by atoms with Gasteiger partial charge in [0, 0.05) is 23.4 Å². The minimum absolute atomic E-state index is 0.143. The molecule has 4 heteroatoms. The number of piperidine rings is 1. The molecule has 1 aromatic rings. The van der Waals surface area contributed by atoms with E-state index < -0.39 is 0 Å². The topological polar surface area (TPSA) is 36.4 Å². The van der Waals surface area contributed by atoms with Crippen molar-refractivity contribution >= 4 is 11.3 Å². The molecule has 0 saturated carbocycles. The molecule has 1 aromatic heterocycles. The van der Waals surface area contributed by atoms with Crippen molar-refractivity contribution in [2.45, 2.75) is 77.5 Å². The van der Waals surface area contributed by atoms with Crippen LogP contribution in [-0.2, 0) is 12.0 Å². The van der Waals surface area contributed by atoms with Crippen LogP contribution in [0.5, 0.6) is 0 Å². The fourth-order valence-corrected chi connectivity index (χ4v) is 3.76. The van der Waals surface area contributed by atoms with E-state index in [4.69, 9.17) is 4.98 Å². The van der Waals surface area contributed by atoms with Gasteiger partial charge in [-0.15, -0.1) is 11.3 Å². The first-order chi connectivity index (χ1) is 9.36. The van der Waals surface area contributed by atoms with E-state index in [-0.39, 0.29) is 11.5 Å². The first-order valence-corrected chi connectivity index (χ1v) is 8.61. The first-order valence-electron chi connectivity index (χ1n) is 7.73. The Kier molecular flexibility index (Phi) is 5.21. The zero-order valence-corrected chi connectivity index (χ0v) is 14.0. The van der Waals surface area contributed by atoms with E-state index in [2.05, 4.69) is 31.1 Å². The van der Waals surface area contributed by atoms with Crippen molar-refractivity contribution < 1.29 is 5.11 Å². The van der Waals surface area contributed by atoms with Crippen molar-refractivity contribution in [2.24, 2.45) is 0 Å². The minimum Gasteiger partial charge on any atom is -0.393 e. The average molecular weight is 296 g/mol. The Morgan fingerprint density at radius 2 is 2.20 bits per heavy atom. The van der Waals surface area contributed by atoms with Crippen molar-refractivity contribution in [3.05, 3.63) is 16.1 Å². The maximum atomic E-state index is 9.66. The molecule has 114 valence electrons. The summed E-state index contributed by atoms with van der Waals surface area (Å²) in [5.74, 6) is 0. The summed E-state index contributed by atoms with van der Waals surface area (Å²) in [7, 11) is 0. The molecule has 1 saturated heterocycles. The Hall–Kier alpha value is -0.450. The largest absolute Gasteiger partial charge is 0.393 e. The van der Waals surface area contributed by atoms with E-state index in [1.54, 1.807) is 11.3 Å². The summed E-state index contributed by atoms with van der Waals surface area (Å²) in [5, 5.41) is 13.1. The normalized spacial score (nSPS) is 22.9. The first kappa shape index (κ1) is 15.9. The van der Waals surface area contributed by atoms with E-state index in [9.17, 15) is 5.11 Å². The molecule has 1 fully saturated rings. The smallest absolute Gasteiger partial charge is 0.0982 e. The number of hydrogen-bond donors (Lipinski definition) is 1. The highest BCUT2D eigenvalue weighted by atomic mass is 32.1. The predicted octanol–water partition coefficient (Wildman–Crippen LogP) is 3.57. The SMILES string of the molecule is C[C@H](O)C[C@H]1CCCCN1Cc1csc(C(C)(C)C)n1. The van der Waals surface area contributed by atoms with Crippen LogP contribution in [0.1, 0.15) is 64.1 Å². The summed E-state index contributed by atoms with van der Waals surface area (Å²) in [6, 6.07) is 0.517. The number of thiazole rings is 1. The van der Waals surface area contributed by atoms with E-state index in [1.807, 2.05) is 6.92 Å². The second kappa shape index (κ2) is 6.54. The molecule has 0 bridgehead atoms. The Morgan fingerprint density at radius 3 is 2.80 bits per heavy atom. The quantitative estimate of drug-likeness (QED) is 0.923. The number of aromatic nitrogens is 1. The molecule has 3 nitrogen and oxygen atoms in total. The Balaban J connectivity index is 2.01. The molecule has 0 spiro atoms. The predicted molar refractivity (Wildman–Crippen MR) is 85.2 cm³/mol. The van der Waals surface area contributed by atoms with Gasteiger partial charge in [-0.2, -0.15) is 0 Å². The summed E-state index contributed by atoms with van der Waals surface area (Å²) in [4.78, 5) is 7.32. The van der Waals surface area contributed by atoms with Crippen LogP contribution >= 0.6 is 11.3 Å². The van der Waals surface area contributed by atoms with Gasteiger partial charge in [0.2, 0.25) is 0 Å². The van der Waals surface area contributed by atoms with Crippen LogP contribution in [0.4, 0.5) is 0 Å². The third kappa shape index (κ3) is 4.27. The Bertz CT molecular complexity index is 422. The van der Waals surface area contributed by atoms with E-state index in [0.717, 1.165) is 19.5 Å². The fourth-order valence-electron chi connectivity index (χ4n) is 2.86. The molecular formula is C16H28N2OS. The zero-order valence-electron chi connectivity index (χ0n) is 13.2. The minimum atomic E-state index is -0.207. The van der Waals surface area contributed by atoms with Gasteiger partial charge in [-0.05, 0) is 32.7 Å². The highest BCUT2D eigenvalue weighted by molar-refractivity contribution is 7.09. The van der Waals surface area contributed by atoms with Gasteiger partial charge >= 0.3 is 0 Å². The number of hydrogen-bond acceptors (Lipinski definition) is 4. The molecule has 2 atom stereocenters. The third-order valence-electron chi connectivity index (χ3n) is 3.92. The molecule has 0 unspecified atom stereocenters. The van der Waals surface area contributed by atoms with Gasteiger partial charge < -0.3 is 5.11 Å². The Labute approximate surface area is 127 Å². The van der Waals surface area contributed by atoms with Crippen molar-refractivity contribution in [1.82, 2.24) is 9.88 Å². The van der Waals surface area contributed by atoms with Crippen molar-refractivity contribution in [1.29, 1.82) is 0 Å². The standard InChI is InChI=1S/C16H28N2OS/c1-12(19)9-14-7-5-6-8-18(14)10-13-11-20-15(17-13)16(2,3)4/h11-12,14,19H,5-10H2,1-4H3/t12-,14+/m0/s1. The van der Waals surface area contributed by atoms with Crippen molar-refractivity contribution in [3.63, 3.8) is 0 Å². The molecule has 0 aromatic carbocycles. The van der Waals surface area contributed by atoms with Crippen LogP contribution in [-0.4, -0.2) is 33.7 Å². The van der Waals surface area contributed by atoms with Crippen LogP contribution in [0.3, 0.4) is 0 Å². The zero-order chi connectivity index (χ0) is 14.8. The van der Waals surface area contributed by atoms with E-state index in [0.29, 0.717) is 6.04 Å². The van der Waals surface area contributed by atoms with Crippen molar-refractivity contribution in [2.75, 3.05) is 6.54 Å². The summed E-state index contributed by atoms with van der Waals surface area (Å²) in [5.41, 5.74) is 1.33. The van der Waals surface area contributed by atoms with Gasteiger partial charge in [-0.25, -0.2) is 4.98 Å². The van der Waals surface area contributed by atoms with Crippen LogP contribution < -0.4 is 0 Å². The maximum Gasteiger partial charge on any atom is 0.0982 e. The lowest BCUT2D eigenvalue weighted by Crippen LogP contribution is -2.40. The third-order valence-corrected chi connectivity index (χ3v) is 5.24. The lowest BCUT2D eigenvalue weighted by atomic mass is 9.97. The molecule has 0 aliphatic carbocycles. The molecule has 2 rings (SSSR count). The van der Waals surface area contributed by atoms with Gasteiger partial charge in [-0.3, -0.25) is 4.90 Å². The number of aliphatic hydroxyl groups is 1. The van der Waals surface area contributed by atoms with Gasteiger partial charge in [0.15, 0.2) is 0 Å². The summed E-state index contributed by atoms with van der Waals surface area (Å²) in [6.07, 6.45) is 4.45. The molecule has 0 radical (unpaired) electrons. The second-order valence-corrected chi connectivity index (χ2v) is 7.96. The lowest BCUT2D eigenvalue weighted by molar-refractivity contribution is 0.0810. The monoisotopic (exact) mass is 296 g/mol. The number of likely N-dealkylation sites (tertiary alicyclic amines) is 1. The van der Waals surface area contributed by atoms with Crippen LogP contribution in [0.25, 0.3) is 0 Å². The lowest BCUT2D eigenvalue weighted by Gasteiger charge is -2.36. The number of rotatable bonds is 4. The van der Waals surface area contributed by atoms with Gasteiger partial charge in [0.05, 0.1) is 16.8 Å². The highest BCUT2D eigenvalue weighted by Gasteiger charge is 2.25. The maximum absolute atomic E-state index is 9.66. The number of nitrogens with zero attached hydrogens (tertiary/aromatic N) is 2. The molecule has 1 N–H and O–H groups in total. The molecule has 1 aliphatic rings. The van der Waals surface area contributed by atoms with Gasteiger partial charge in [0.25, 0.3) is 0 Å². The molecular weight excluding hydrogens is 268 g/mol. The summed E-state index contributed by atoms with van der Waals surface area (Å²) >= 11 is 1.77. The number of aliphatic hydroxyl groups excluding tert-OH is 1. The second-order valence-electron chi connectivity index (χ2n) is 7.10. The van der Waals surface area contributed by atoms with E-state index >= 15 is 0 Å². The summed E-state index contributed by atoms with van der Waals surface area (Å²) in [6.45, 7) is 10.6. The molecule has 20 heavy (non-hydrogen) atoms. The van der Waals surface area contributed by atoms with Crippen molar-refractivity contribution in [3.8, 4) is 0 Å². The molecule has 1 aliphatic heterocycles. The van der Waals surface area contributed by atoms with Crippen LogP contribution in [0.2, 0.25) is 0 Å². The van der Waals surface area contributed by atoms with Gasteiger partial charge in [-0.1, -0.05) is 27.2 Å². The van der Waals surface area contributed by atoms with Crippen LogP contribution in [0, 0.1) is 0 Å². The summed E-state index contributed by atoms with van der Waals surface area (Å²) < 4.78 is 0. The van der Waals surface area contributed by atoms with E-state index in [1.165, 1.54) is 30.0 Å². The highest BCUT2D eigenvalue weighted by Crippen LogP contribution is 2.28. The van der Waals surface area contributed by atoms with Crippen LogP contribution in [0.15, 0.2) is 5.38 Å². The Morgan fingerprint density at radius 1 is 1.45 bits per heavy atom. The fraction of sp³-hybridized carbons (Fsp3) is 0.812. The molecule has 0 amide bonds. The average Bonchev–Trinajstić information content (AvgIpc) is 2.79.